The van der Waals surface area contributed by atoms with Gasteiger partial charge in [-0.1, -0.05) is 37.3 Å². The molecule has 0 bridgehead atoms. The van der Waals surface area contributed by atoms with Crippen LogP contribution in [0, 0.1) is 0 Å². The SMILES string of the molecule is CCCN(Cc1ccccc1)C(=O)c1ccnc(Br)c1. The number of carbonyl (C=O) groups is 1. The Morgan fingerprint density at radius 3 is 2.65 bits per heavy atom. The van der Waals surface area contributed by atoms with Gasteiger partial charge in [-0.3, -0.25) is 4.79 Å². The molecule has 0 N–H and O–H groups in total. The van der Waals surface area contributed by atoms with Gasteiger partial charge in [0.05, 0.1) is 0 Å². The lowest BCUT2D eigenvalue weighted by molar-refractivity contribution is 0.0743. The molecule has 1 heterocycles. The van der Waals surface area contributed by atoms with E-state index in [0.29, 0.717) is 16.7 Å². The standard InChI is InChI=1S/C16H17BrN2O/c1-2-10-19(12-13-6-4-3-5-7-13)16(20)14-8-9-18-15(17)11-14/h3-9,11H,2,10,12H2,1H3. The van der Waals surface area contributed by atoms with Gasteiger partial charge in [-0.25, -0.2) is 4.98 Å². The van der Waals surface area contributed by atoms with E-state index >= 15 is 0 Å². The molecule has 0 saturated carbocycles. The Morgan fingerprint density at radius 2 is 2.00 bits per heavy atom. The normalized spacial score (nSPS) is 10.3. The van der Waals surface area contributed by atoms with Gasteiger partial charge in [0.1, 0.15) is 4.60 Å². The van der Waals surface area contributed by atoms with Crippen LogP contribution in [0.15, 0.2) is 53.3 Å². The maximum atomic E-state index is 12.6. The first kappa shape index (κ1) is 14.7. The molecule has 1 aromatic carbocycles. The molecule has 0 aliphatic carbocycles. The van der Waals surface area contributed by atoms with Crippen LogP contribution in [0.2, 0.25) is 0 Å². The van der Waals surface area contributed by atoms with Gasteiger partial charge in [0.2, 0.25) is 0 Å². The molecule has 0 fully saturated rings. The minimum atomic E-state index is 0.0406. The van der Waals surface area contributed by atoms with E-state index in [1.54, 1.807) is 18.3 Å². The van der Waals surface area contributed by atoms with Crippen LogP contribution in [0.25, 0.3) is 0 Å². The number of aromatic nitrogens is 1. The summed E-state index contributed by atoms with van der Waals surface area (Å²) in [5.41, 5.74) is 1.80. The zero-order valence-corrected chi connectivity index (χ0v) is 13.0. The number of halogens is 1. The van der Waals surface area contributed by atoms with Crippen molar-refractivity contribution in [3.05, 3.63) is 64.4 Å². The van der Waals surface area contributed by atoms with Gasteiger partial charge in [-0.05, 0) is 40.0 Å². The van der Waals surface area contributed by atoms with Gasteiger partial charge >= 0.3 is 0 Å². The second kappa shape index (κ2) is 7.20. The van der Waals surface area contributed by atoms with E-state index in [9.17, 15) is 4.79 Å². The lowest BCUT2D eigenvalue weighted by Crippen LogP contribution is -2.31. The molecule has 0 saturated heterocycles. The average molecular weight is 333 g/mol. The quantitative estimate of drug-likeness (QED) is 0.778. The van der Waals surface area contributed by atoms with Crippen LogP contribution in [0.5, 0.6) is 0 Å². The smallest absolute Gasteiger partial charge is 0.254 e. The zero-order valence-electron chi connectivity index (χ0n) is 11.4. The third-order valence-electron chi connectivity index (χ3n) is 2.97. The summed E-state index contributed by atoms with van der Waals surface area (Å²) in [6.45, 7) is 3.45. The molecule has 20 heavy (non-hydrogen) atoms. The minimum absolute atomic E-state index is 0.0406. The fraction of sp³-hybridized carbons (Fsp3) is 0.250. The summed E-state index contributed by atoms with van der Waals surface area (Å²) in [5, 5.41) is 0. The van der Waals surface area contributed by atoms with Crippen LogP contribution in [0.1, 0.15) is 29.3 Å². The van der Waals surface area contributed by atoms with Gasteiger partial charge in [0, 0.05) is 24.8 Å². The Morgan fingerprint density at radius 1 is 1.25 bits per heavy atom. The second-order valence-corrected chi connectivity index (χ2v) is 5.39. The monoisotopic (exact) mass is 332 g/mol. The van der Waals surface area contributed by atoms with Crippen molar-refractivity contribution in [2.75, 3.05) is 6.54 Å². The van der Waals surface area contributed by atoms with E-state index in [2.05, 4.69) is 27.8 Å². The topological polar surface area (TPSA) is 33.2 Å². The highest BCUT2D eigenvalue weighted by Crippen LogP contribution is 2.13. The maximum Gasteiger partial charge on any atom is 0.254 e. The van der Waals surface area contributed by atoms with Gasteiger partial charge < -0.3 is 4.90 Å². The first-order valence-corrected chi connectivity index (χ1v) is 7.44. The van der Waals surface area contributed by atoms with Crippen molar-refractivity contribution in [1.29, 1.82) is 0 Å². The van der Waals surface area contributed by atoms with Crippen LogP contribution in [0.4, 0.5) is 0 Å². The number of hydrogen-bond acceptors (Lipinski definition) is 2. The fourth-order valence-corrected chi connectivity index (χ4v) is 2.41. The first-order valence-electron chi connectivity index (χ1n) is 6.65. The highest BCUT2D eigenvalue weighted by Gasteiger charge is 2.15. The van der Waals surface area contributed by atoms with Crippen LogP contribution in [-0.4, -0.2) is 22.3 Å². The number of amides is 1. The Balaban J connectivity index is 2.18. The van der Waals surface area contributed by atoms with Crippen LogP contribution < -0.4 is 0 Å². The lowest BCUT2D eigenvalue weighted by Gasteiger charge is -2.22. The Bertz CT molecular complexity index is 572. The molecule has 3 nitrogen and oxygen atoms in total. The average Bonchev–Trinajstić information content (AvgIpc) is 2.47. The Hall–Kier alpha value is -1.68. The van der Waals surface area contributed by atoms with Gasteiger partial charge in [-0.15, -0.1) is 0 Å². The number of hydrogen-bond donors (Lipinski definition) is 0. The van der Waals surface area contributed by atoms with Crippen molar-refractivity contribution in [1.82, 2.24) is 9.88 Å². The van der Waals surface area contributed by atoms with Crippen molar-refractivity contribution >= 4 is 21.8 Å². The molecule has 0 unspecified atom stereocenters. The van der Waals surface area contributed by atoms with Crippen LogP contribution >= 0.6 is 15.9 Å². The third kappa shape index (κ3) is 3.90. The van der Waals surface area contributed by atoms with E-state index in [0.717, 1.165) is 18.5 Å². The summed E-state index contributed by atoms with van der Waals surface area (Å²) in [4.78, 5) is 18.5. The van der Waals surface area contributed by atoms with Crippen molar-refractivity contribution in [3.63, 3.8) is 0 Å². The molecule has 0 radical (unpaired) electrons. The molecule has 104 valence electrons. The Kier molecular flexibility index (Phi) is 5.30. The number of rotatable bonds is 5. The van der Waals surface area contributed by atoms with Crippen molar-refractivity contribution < 1.29 is 4.79 Å². The Labute approximate surface area is 127 Å². The summed E-state index contributed by atoms with van der Waals surface area (Å²) in [6, 6.07) is 13.6. The predicted molar refractivity (Wildman–Crippen MR) is 83.4 cm³/mol. The zero-order chi connectivity index (χ0) is 14.4. The van der Waals surface area contributed by atoms with E-state index in [1.165, 1.54) is 0 Å². The minimum Gasteiger partial charge on any atom is -0.334 e. The molecule has 1 amide bonds. The largest absolute Gasteiger partial charge is 0.334 e. The van der Waals surface area contributed by atoms with Crippen LogP contribution in [-0.2, 0) is 6.54 Å². The fourth-order valence-electron chi connectivity index (χ4n) is 2.04. The second-order valence-electron chi connectivity index (χ2n) is 4.58. The predicted octanol–water partition coefficient (Wildman–Crippen LogP) is 3.90. The molecule has 2 rings (SSSR count). The summed E-state index contributed by atoms with van der Waals surface area (Å²) < 4.78 is 0.680. The number of nitrogens with zero attached hydrogens (tertiary/aromatic N) is 2. The van der Waals surface area contributed by atoms with Crippen molar-refractivity contribution in [2.24, 2.45) is 0 Å². The van der Waals surface area contributed by atoms with E-state index in [1.807, 2.05) is 35.2 Å². The lowest BCUT2D eigenvalue weighted by atomic mass is 10.1. The summed E-state index contributed by atoms with van der Waals surface area (Å²) >= 11 is 3.30. The van der Waals surface area contributed by atoms with Crippen LogP contribution in [0.3, 0.4) is 0 Å². The number of pyridine rings is 1. The molecule has 0 spiro atoms. The van der Waals surface area contributed by atoms with E-state index < -0.39 is 0 Å². The molecule has 2 aromatic rings. The summed E-state index contributed by atoms with van der Waals surface area (Å²) in [6.07, 6.45) is 2.58. The molecule has 1 aromatic heterocycles. The summed E-state index contributed by atoms with van der Waals surface area (Å²) in [5.74, 6) is 0.0406. The molecular weight excluding hydrogens is 316 g/mol. The molecule has 0 aliphatic rings. The highest BCUT2D eigenvalue weighted by atomic mass is 79.9. The third-order valence-corrected chi connectivity index (χ3v) is 3.40. The van der Waals surface area contributed by atoms with Crippen molar-refractivity contribution in [3.8, 4) is 0 Å². The van der Waals surface area contributed by atoms with Gasteiger partial charge in [-0.2, -0.15) is 0 Å². The van der Waals surface area contributed by atoms with Gasteiger partial charge in [0.15, 0.2) is 0 Å². The molecular formula is C16H17BrN2O. The van der Waals surface area contributed by atoms with E-state index in [-0.39, 0.29) is 5.91 Å². The highest BCUT2D eigenvalue weighted by molar-refractivity contribution is 9.10. The van der Waals surface area contributed by atoms with Gasteiger partial charge in [0.25, 0.3) is 5.91 Å². The molecule has 0 aliphatic heterocycles. The summed E-state index contributed by atoms with van der Waals surface area (Å²) in [7, 11) is 0. The number of benzene rings is 1. The maximum absolute atomic E-state index is 12.6. The number of carbonyl (C=O) groups excluding carboxylic acids is 1. The molecule has 0 atom stereocenters. The van der Waals surface area contributed by atoms with Crippen molar-refractivity contribution in [2.45, 2.75) is 19.9 Å². The first-order chi connectivity index (χ1) is 9.70. The molecule has 4 heteroatoms. The van der Waals surface area contributed by atoms with E-state index in [4.69, 9.17) is 0 Å².